The molecule has 0 aliphatic heterocycles. The van der Waals surface area contributed by atoms with Gasteiger partial charge in [0.25, 0.3) is 0 Å². The fourth-order valence-corrected chi connectivity index (χ4v) is 1.64. The molecule has 4 heteroatoms. The van der Waals surface area contributed by atoms with E-state index in [4.69, 9.17) is 10.5 Å². The molecule has 0 saturated carbocycles. The van der Waals surface area contributed by atoms with Gasteiger partial charge in [-0.25, -0.2) is 0 Å². The Hall–Kier alpha value is -0.580. The largest absolute Gasteiger partial charge is 0.490 e. The van der Waals surface area contributed by atoms with Crippen molar-refractivity contribution in [2.24, 2.45) is 5.73 Å². The first kappa shape index (κ1) is 13.5. The van der Waals surface area contributed by atoms with Crippen LogP contribution in [0.25, 0.3) is 0 Å². The summed E-state index contributed by atoms with van der Waals surface area (Å²) in [5.41, 5.74) is 5.94. The summed E-state index contributed by atoms with van der Waals surface area (Å²) >= 11 is 3.39. The lowest BCUT2D eigenvalue weighted by Crippen LogP contribution is -2.28. The third-order valence-corrected chi connectivity index (χ3v) is 2.54. The normalized spacial score (nSPS) is 13.6. The SMILES string of the molecule is CC(N)c1cc(Br)ccc1OCC(C)(C)O. The first-order valence-corrected chi connectivity index (χ1v) is 5.99. The van der Waals surface area contributed by atoms with Crippen LogP contribution < -0.4 is 10.5 Å². The van der Waals surface area contributed by atoms with Crippen LogP contribution in [0.4, 0.5) is 0 Å². The minimum atomic E-state index is -0.845. The van der Waals surface area contributed by atoms with Crippen molar-refractivity contribution in [1.82, 2.24) is 0 Å². The van der Waals surface area contributed by atoms with Crippen LogP contribution in [0.3, 0.4) is 0 Å². The highest BCUT2D eigenvalue weighted by Gasteiger charge is 2.15. The van der Waals surface area contributed by atoms with Crippen LogP contribution in [0.5, 0.6) is 5.75 Å². The first-order chi connectivity index (χ1) is 7.29. The van der Waals surface area contributed by atoms with E-state index in [1.54, 1.807) is 13.8 Å². The van der Waals surface area contributed by atoms with Crippen molar-refractivity contribution in [3.05, 3.63) is 28.2 Å². The maximum Gasteiger partial charge on any atom is 0.124 e. The van der Waals surface area contributed by atoms with E-state index < -0.39 is 5.60 Å². The van der Waals surface area contributed by atoms with Crippen molar-refractivity contribution in [1.29, 1.82) is 0 Å². The van der Waals surface area contributed by atoms with Crippen molar-refractivity contribution in [2.45, 2.75) is 32.4 Å². The van der Waals surface area contributed by atoms with Gasteiger partial charge >= 0.3 is 0 Å². The summed E-state index contributed by atoms with van der Waals surface area (Å²) in [7, 11) is 0. The molecule has 0 aliphatic rings. The van der Waals surface area contributed by atoms with Gasteiger partial charge in [0.1, 0.15) is 12.4 Å². The second kappa shape index (κ2) is 5.17. The molecule has 0 aromatic heterocycles. The number of hydrogen-bond donors (Lipinski definition) is 2. The van der Waals surface area contributed by atoms with Gasteiger partial charge in [-0.15, -0.1) is 0 Å². The molecule has 1 rings (SSSR count). The third kappa shape index (κ3) is 4.12. The second-order valence-corrected chi connectivity index (χ2v) is 5.49. The molecule has 1 aromatic carbocycles. The number of ether oxygens (including phenoxy) is 1. The van der Waals surface area contributed by atoms with Crippen molar-refractivity contribution in [2.75, 3.05) is 6.61 Å². The number of nitrogens with two attached hydrogens (primary N) is 1. The zero-order valence-electron chi connectivity index (χ0n) is 9.83. The van der Waals surface area contributed by atoms with Gasteiger partial charge < -0.3 is 15.6 Å². The summed E-state index contributed by atoms with van der Waals surface area (Å²) in [6, 6.07) is 5.58. The fourth-order valence-electron chi connectivity index (χ4n) is 1.26. The summed E-state index contributed by atoms with van der Waals surface area (Å²) in [6.45, 7) is 5.56. The lowest BCUT2D eigenvalue weighted by molar-refractivity contribution is 0.0280. The third-order valence-electron chi connectivity index (χ3n) is 2.04. The van der Waals surface area contributed by atoms with Crippen LogP contribution in [0.15, 0.2) is 22.7 Å². The van der Waals surface area contributed by atoms with Gasteiger partial charge in [0.05, 0.1) is 5.60 Å². The van der Waals surface area contributed by atoms with Gasteiger partial charge in [-0.2, -0.15) is 0 Å². The first-order valence-electron chi connectivity index (χ1n) is 5.20. The lowest BCUT2D eigenvalue weighted by atomic mass is 10.1. The minimum Gasteiger partial charge on any atom is -0.490 e. The quantitative estimate of drug-likeness (QED) is 0.895. The number of halogens is 1. The number of hydrogen-bond acceptors (Lipinski definition) is 3. The van der Waals surface area contributed by atoms with E-state index in [1.807, 2.05) is 25.1 Å². The van der Waals surface area contributed by atoms with E-state index in [9.17, 15) is 5.11 Å². The van der Waals surface area contributed by atoms with Gasteiger partial charge in [-0.1, -0.05) is 15.9 Å². The molecular weight excluding hydrogens is 270 g/mol. The molecule has 0 saturated heterocycles. The smallest absolute Gasteiger partial charge is 0.124 e. The molecule has 0 radical (unpaired) electrons. The Morgan fingerprint density at radius 1 is 1.50 bits per heavy atom. The maximum atomic E-state index is 9.60. The monoisotopic (exact) mass is 287 g/mol. The van der Waals surface area contributed by atoms with Gasteiger partial charge in [0.15, 0.2) is 0 Å². The molecule has 3 N–H and O–H groups in total. The van der Waals surface area contributed by atoms with Crippen LogP contribution in [-0.2, 0) is 0 Å². The van der Waals surface area contributed by atoms with Crippen LogP contribution in [0, 0.1) is 0 Å². The van der Waals surface area contributed by atoms with E-state index in [2.05, 4.69) is 15.9 Å². The summed E-state index contributed by atoms with van der Waals surface area (Å²) < 4.78 is 6.54. The molecule has 90 valence electrons. The molecular formula is C12H18BrNO2. The minimum absolute atomic E-state index is 0.102. The van der Waals surface area contributed by atoms with E-state index in [0.29, 0.717) is 0 Å². The van der Waals surface area contributed by atoms with E-state index in [-0.39, 0.29) is 12.6 Å². The molecule has 1 atom stereocenters. The lowest BCUT2D eigenvalue weighted by Gasteiger charge is -2.20. The van der Waals surface area contributed by atoms with Gasteiger partial charge in [0.2, 0.25) is 0 Å². The topological polar surface area (TPSA) is 55.5 Å². The van der Waals surface area contributed by atoms with Crippen LogP contribution >= 0.6 is 15.9 Å². The summed E-state index contributed by atoms with van der Waals surface area (Å²) in [4.78, 5) is 0. The molecule has 3 nitrogen and oxygen atoms in total. The summed E-state index contributed by atoms with van der Waals surface area (Å²) in [5.74, 6) is 0.723. The average molecular weight is 288 g/mol. The Kier molecular flexibility index (Phi) is 4.35. The number of benzene rings is 1. The van der Waals surface area contributed by atoms with Gasteiger partial charge in [-0.05, 0) is 39.0 Å². The standard InChI is InChI=1S/C12H18BrNO2/c1-8(14)10-6-9(13)4-5-11(10)16-7-12(2,3)15/h4-6,8,15H,7,14H2,1-3H3. The Morgan fingerprint density at radius 3 is 2.62 bits per heavy atom. The molecule has 0 bridgehead atoms. The highest BCUT2D eigenvalue weighted by molar-refractivity contribution is 9.10. The molecule has 1 unspecified atom stereocenters. The average Bonchev–Trinajstić information content (AvgIpc) is 2.14. The maximum absolute atomic E-state index is 9.60. The Morgan fingerprint density at radius 2 is 2.12 bits per heavy atom. The molecule has 0 amide bonds. The molecule has 0 heterocycles. The highest BCUT2D eigenvalue weighted by Crippen LogP contribution is 2.28. The summed E-state index contributed by atoms with van der Waals surface area (Å²) in [6.07, 6.45) is 0. The van der Waals surface area contributed by atoms with Crippen molar-refractivity contribution in [3.8, 4) is 5.75 Å². The Bertz CT molecular complexity index is 359. The van der Waals surface area contributed by atoms with Crippen LogP contribution in [-0.4, -0.2) is 17.3 Å². The zero-order chi connectivity index (χ0) is 12.3. The van der Waals surface area contributed by atoms with Crippen molar-refractivity contribution in [3.63, 3.8) is 0 Å². The van der Waals surface area contributed by atoms with Crippen molar-refractivity contribution >= 4 is 15.9 Å². The molecule has 16 heavy (non-hydrogen) atoms. The number of rotatable bonds is 4. The zero-order valence-corrected chi connectivity index (χ0v) is 11.4. The Balaban J connectivity index is 2.87. The predicted molar refractivity (Wildman–Crippen MR) is 68.5 cm³/mol. The fraction of sp³-hybridized carbons (Fsp3) is 0.500. The van der Waals surface area contributed by atoms with Crippen LogP contribution in [0.2, 0.25) is 0 Å². The molecule has 0 spiro atoms. The second-order valence-electron chi connectivity index (χ2n) is 4.57. The highest BCUT2D eigenvalue weighted by atomic mass is 79.9. The molecule has 0 fully saturated rings. The van der Waals surface area contributed by atoms with E-state index in [0.717, 1.165) is 15.8 Å². The molecule has 0 aliphatic carbocycles. The predicted octanol–water partition coefficient (Wildman–Crippen LogP) is 2.62. The van der Waals surface area contributed by atoms with Gasteiger partial charge in [0, 0.05) is 16.1 Å². The van der Waals surface area contributed by atoms with E-state index in [1.165, 1.54) is 0 Å². The van der Waals surface area contributed by atoms with Gasteiger partial charge in [-0.3, -0.25) is 0 Å². The van der Waals surface area contributed by atoms with Crippen molar-refractivity contribution < 1.29 is 9.84 Å². The molecule has 1 aromatic rings. The summed E-state index contributed by atoms with van der Waals surface area (Å²) in [5, 5.41) is 9.60. The van der Waals surface area contributed by atoms with E-state index >= 15 is 0 Å². The Labute approximate surface area is 105 Å². The van der Waals surface area contributed by atoms with Crippen LogP contribution in [0.1, 0.15) is 32.4 Å². The number of aliphatic hydroxyl groups is 1.